The number of rotatable bonds is 2. The Morgan fingerprint density at radius 2 is 1.72 bits per heavy atom. The van der Waals surface area contributed by atoms with Gasteiger partial charge in [-0.05, 0) is 68.6 Å². The van der Waals surface area contributed by atoms with Crippen molar-refractivity contribution in [3.05, 3.63) is 27.9 Å². The van der Waals surface area contributed by atoms with Crippen molar-refractivity contribution in [3.8, 4) is 0 Å². The molecule has 1 aromatic heterocycles. The van der Waals surface area contributed by atoms with Crippen molar-refractivity contribution in [3.63, 3.8) is 0 Å². The third kappa shape index (κ3) is 3.22. The summed E-state index contributed by atoms with van der Waals surface area (Å²) in [7, 11) is 0. The number of carbonyl (C=O) groups excluding carboxylic acids is 1. The van der Waals surface area contributed by atoms with Crippen LogP contribution >= 0.6 is 24.8 Å². The van der Waals surface area contributed by atoms with Crippen molar-refractivity contribution in [2.75, 3.05) is 19.6 Å². The van der Waals surface area contributed by atoms with E-state index in [1.165, 1.54) is 19.3 Å². The highest BCUT2D eigenvalue weighted by molar-refractivity contribution is 5.94. The van der Waals surface area contributed by atoms with Gasteiger partial charge in [0.05, 0.1) is 0 Å². The van der Waals surface area contributed by atoms with E-state index in [0.717, 1.165) is 68.9 Å². The second kappa shape index (κ2) is 7.54. The summed E-state index contributed by atoms with van der Waals surface area (Å²) in [6, 6.07) is 0.236. The van der Waals surface area contributed by atoms with Crippen molar-refractivity contribution in [1.29, 1.82) is 0 Å². The van der Waals surface area contributed by atoms with Gasteiger partial charge in [-0.2, -0.15) is 0 Å². The maximum absolute atomic E-state index is 13.0. The molecule has 8 heteroatoms. The van der Waals surface area contributed by atoms with Crippen LogP contribution in [0.15, 0.2) is 11.0 Å². The first-order chi connectivity index (χ1) is 13.1. The molecule has 6 nitrogen and oxygen atoms in total. The predicted octanol–water partition coefficient (Wildman–Crippen LogP) is 2.52. The summed E-state index contributed by atoms with van der Waals surface area (Å²) in [5.41, 5.74) is 0.0371. The van der Waals surface area contributed by atoms with Gasteiger partial charge in [0.15, 0.2) is 0 Å². The van der Waals surface area contributed by atoms with Gasteiger partial charge < -0.3 is 15.2 Å². The minimum absolute atomic E-state index is 0. The summed E-state index contributed by atoms with van der Waals surface area (Å²) < 4.78 is 0. The monoisotopic (exact) mass is 440 g/mol. The zero-order valence-electron chi connectivity index (χ0n) is 16.6. The van der Waals surface area contributed by atoms with E-state index in [0.29, 0.717) is 5.92 Å². The first-order valence-corrected chi connectivity index (χ1v) is 10.7. The molecule has 6 fully saturated rings. The normalized spacial score (nSPS) is 39.0. The van der Waals surface area contributed by atoms with Crippen LogP contribution < -0.4 is 10.9 Å². The minimum atomic E-state index is -0.241. The van der Waals surface area contributed by atoms with Crippen LogP contribution in [0.2, 0.25) is 0 Å². The SMILES string of the molecule is Cl.Cl.O=C(c1cnc(C23CC4CC(CC(C4)C2)C3)[nH]c1=O)N1CC[C@H]2CNC[C@H]21. The van der Waals surface area contributed by atoms with Crippen LogP contribution in [-0.4, -0.2) is 46.5 Å². The Morgan fingerprint density at radius 3 is 2.34 bits per heavy atom. The molecule has 6 aliphatic rings. The van der Waals surface area contributed by atoms with Crippen LogP contribution in [0.4, 0.5) is 0 Å². The highest BCUT2D eigenvalue weighted by Crippen LogP contribution is 2.59. The molecule has 29 heavy (non-hydrogen) atoms. The smallest absolute Gasteiger partial charge is 0.263 e. The Morgan fingerprint density at radius 1 is 1.07 bits per heavy atom. The predicted molar refractivity (Wildman–Crippen MR) is 115 cm³/mol. The van der Waals surface area contributed by atoms with Gasteiger partial charge in [0.25, 0.3) is 11.5 Å². The van der Waals surface area contributed by atoms with Crippen molar-refractivity contribution >= 4 is 30.7 Å². The number of hydrogen-bond donors (Lipinski definition) is 2. The fraction of sp³-hybridized carbons (Fsp3) is 0.762. The molecular formula is C21H30Cl2N4O2. The third-order valence-electron chi connectivity index (χ3n) is 8.28. The Bertz CT molecular complexity index is 822. The molecule has 3 heterocycles. The lowest BCUT2D eigenvalue weighted by molar-refractivity contribution is -0.00955. The van der Waals surface area contributed by atoms with Crippen molar-refractivity contribution in [1.82, 2.24) is 20.2 Å². The Kier molecular flexibility index (Phi) is 5.50. The molecule has 0 aromatic carbocycles. The van der Waals surface area contributed by atoms with Gasteiger partial charge in [0.1, 0.15) is 11.4 Å². The van der Waals surface area contributed by atoms with Gasteiger partial charge in [0, 0.05) is 37.3 Å². The molecular weight excluding hydrogens is 411 g/mol. The average Bonchev–Trinajstić information content (AvgIpc) is 3.23. The average molecular weight is 441 g/mol. The third-order valence-corrected chi connectivity index (χ3v) is 8.28. The van der Waals surface area contributed by atoms with E-state index in [9.17, 15) is 9.59 Å². The van der Waals surface area contributed by atoms with Crippen molar-refractivity contribution in [2.45, 2.75) is 56.4 Å². The summed E-state index contributed by atoms with van der Waals surface area (Å²) in [6.45, 7) is 2.58. The lowest BCUT2D eigenvalue weighted by Crippen LogP contribution is -2.50. The Balaban J connectivity index is 0.00000102. The number of amides is 1. The fourth-order valence-electron chi connectivity index (χ4n) is 7.47. The number of hydrogen-bond acceptors (Lipinski definition) is 4. The number of halogens is 2. The van der Waals surface area contributed by atoms with E-state index >= 15 is 0 Å². The molecule has 0 radical (unpaired) electrons. The van der Waals surface area contributed by atoms with E-state index in [1.54, 1.807) is 6.20 Å². The maximum Gasteiger partial charge on any atom is 0.263 e. The number of aromatic nitrogens is 2. The molecule has 4 aliphatic carbocycles. The number of aromatic amines is 1. The Labute approximate surface area is 183 Å². The quantitative estimate of drug-likeness (QED) is 0.740. The summed E-state index contributed by atoms with van der Waals surface area (Å²) in [6.07, 6.45) is 10.2. The van der Waals surface area contributed by atoms with Crippen LogP contribution in [0.25, 0.3) is 0 Å². The zero-order valence-corrected chi connectivity index (χ0v) is 18.2. The lowest BCUT2D eigenvalue weighted by atomic mass is 9.49. The van der Waals surface area contributed by atoms with E-state index in [4.69, 9.17) is 0 Å². The van der Waals surface area contributed by atoms with Crippen LogP contribution in [-0.2, 0) is 5.41 Å². The van der Waals surface area contributed by atoms with Gasteiger partial charge in [-0.1, -0.05) is 0 Å². The minimum Gasteiger partial charge on any atom is -0.334 e. The molecule has 2 N–H and O–H groups in total. The number of nitrogens with one attached hydrogen (secondary N) is 2. The second-order valence-electron chi connectivity index (χ2n) is 9.95. The largest absolute Gasteiger partial charge is 0.334 e. The standard InChI is InChI=1S/C21H28N4O2.2ClH/c26-18-16(19(27)25-2-1-15-9-22-11-17(15)25)10-23-20(24-18)21-6-12-3-13(7-21)5-14(4-12)8-21;;/h10,12-15,17,22H,1-9,11H2,(H,23,24,26);2*1H/t12?,13?,14?,15-,17+,21?;;/m0../s1. The van der Waals surface area contributed by atoms with Gasteiger partial charge in [-0.25, -0.2) is 4.98 Å². The topological polar surface area (TPSA) is 78.1 Å². The number of carbonyl (C=O) groups is 1. The van der Waals surface area contributed by atoms with Crippen LogP contribution in [0, 0.1) is 23.7 Å². The zero-order chi connectivity index (χ0) is 18.2. The van der Waals surface area contributed by atoms with Crippen molar-refractivity contribution in [2.24, 2.45) is 23.7 Å². The van der Waals surface area contributed by atoms with Crippen LogP contribution in [0.3, 0.4) is 0 Å². The number of H-pyrrole nitrogens is 1. The first kappa shape index (κ1) is 21.1. The molecule has 0 unspecified atom stereocenters. The summed E-state index contributed by atoms with van der Waals surface area (Å²) in [5.74, 6) is 3.66. The molecule has 2 aliphatic heterocycles. The summed E-state index contributed by atoms with van der Waals surface area (Å²) in [5, 5.41) is 3.36. The van der Waals surface area contributed by atoms with Crippen molar-refractivity contribution < 1.29 is 4.79 Å². The second-order valence-corrected chi connectivity index (χ2v) is 9.95. The molecule has 160 valence electrons. The number of nitrogens with zero attached hydrogens (tertiary/aromatic N) is 2. The number of likely N-dealkylation sites (tertiary alicyclic amines) is 1. The molecule has 1 aromatic rings. The summed E-state index contributed by atoms with van der Waals surface area (Å²) >= 11 is 0. The van der Waals surface area contributed by atoms with Crippen LogP contribution in [0.1, 0.15) is 61.1 Å². The van der Waals surface area contributed by atoms with Gasteiger partial charge in [-0.3, -0.25) is 9.59 Å². The lowest BCUT2D eigenvalue weighted by Gasteiger charge is -2.56. The maximum atomic E-state index is 13.0. The van der Waals surface area contributed by atoms with E-state index in [-0.39, 0.29) is 53.3 Å². The van der Waals surface area contributed by atoms with Crippen LogP contribution in [0.5, 0.6) is 0 Å². The summed E-state index contributed by atoms with van der Waals surface area (Å²) in [4.78, 5) is 35.5. The molecule has 2 atom stereocenters. The molecule has 4 bridgehead atoms. The highest BCUT2D eigenvalue weighted by Gasteiger charge is 2.53. The molecule has 0 spiro atoms. The first-order valence-electron chi connectivity index (χ1n) is 10.7. The fourth-order valence-corrected chi connectivity index (χ4v) is 7.47. The van der Waals surface area contributed by atoms with Gasteiger partial charge in [-0.15, -0.1) is 24.8 Å². The van der Waals surface area contributed by atoms with E-state index in [2.05, 4.69) is 15.3 Å². The molecule has 1 amide bonds. The number of fused-ring (bicyclic) bond motifs is 1. The van der Waals surface area contributed by atoms with E-state index in [1.807, 2.05) is 4.90 Å². The molecule has 2 saturated heterocycles. The van der Waals surface area contributed by atoms with E-state index < -0.39 is 0 Å². The molecule has 4 saturated carbocycles. The van der Waals surface area contributed by atoms with Gasteiger partial charge >= 0.3 is 0 Å². The molecule has 7 rings (SSSR count). The van der Waals surface area contributed by atoms with Gasteiger partial charge in [0.2, 0.25) is 0 Å². The Hall–Kier alpha value is -1.11. The highest BCUT2D eigenvalue weighted by atomic mass is 35.5.